The molecule has 0 spiro atoms. The first-order valence-corrected chi connectivity index (χ1v) is 8.93. The van der Waals surface area contributed by atoms with Crippen molar-refractivity contribution >= 4 is 40.1 Å². The first kappa shape index (κ1) is 18.6. The number of aromatic nitrogens is 2. The smallest absolute Gasteiger partial charge is 0.413 e. The summed E-state index contributed by atoms with van der Waals surface area (Å²) in [4.78, 5) is 16.5. The molecule has 0 atom stereocenters. The van der Waals surface area contributed by atoms with Crippen LogP contribution in [0.15, 0.2) is 45.8 Å². The maximum Gasteiger partial charge on any atom is 0.470 e. The number of fused-ring (bicyclic) bond motifs is 1. The Kier molecular flexibility index (Phi) is 4.44. The molecule has 4 rings (SSSR count). The third kappa shape index (κ3) is 3.28. The molecule has 1 aliphatic heterocycles. The van der Waals surface area contributed by atoms with Crippen molar-refractivity contribution in [2.45, 2.75) is 13.1 Å². The molecule has 2 aromatic carbocycles. The Morgan fingerprint density at radius 3 is 2.61 bits per heavy atom. The lowest BCUT2D eigenvalue weighted by Gasteiger charge is -2.04. The van der Waals surface area contributed by atoms with Gasteiger partial charge in [0.05, 0.1) is 16.8 Å². The molecule has 6 nitrogen and oxygen atoms in total. The Hall–Kier alpha value is -2.76. The van der Waals surface area contributed by atoms with Gasteiger partial charge in [0.2, 0.25) is 11.8 Å². The number of hydrogen-bond acceptors (Lipinski definition) is 6. The van der Waals surface area contributed by atoms with E-state index >= 15 is 0 Å². The standard InChI is InChI=1S/C18H9F3IN3O3/c1-8-7-9(14-24-25-17(28-14)18(19,20)21)5-6-12(8)23-15-10-3-2-4-11(22)13(10)16(26)27-15/h2-7H,1H3/b23-15-. The van der Waals surface area contributed by atoms with E-state index in [9.17, 15) is 18.0 Å². The van der Waals surface area contributed by atoms with Gasteiger partial charge in [0.1, 0.15) is 0 Å². The van der Waals surface area contributed by atoms with Crippen LogP contribution in [-0.2, 0) is 10.9 Å². The average Bonchev–Trinajstić information content (AvgIpc) is 3.23. The summed E-state index contributed by atoms with van der Waals surface area (Å²) in [5.74, 6) is -1.96. The SMILES string of the molecule is Cc1cc(-c2nnc(C(F)(F)F)o2)ccc1/N=C1\OC(=O)c2c(I)cccc21. The number of carbonyl (C=O) groups excluding carboxylic acids is 1. The van der Waals surface area contributed by atoms with Crippen molar-refractivity contribution in [2.24, 2.45) is 4.99 Å². The molecule has 0 amide bonds. The fourth-order valence-electron chi connectivity index (χ4n) is 2.66. The van der Waals surface area contributed by atoms with Crippen molar-refractivity contribution in [1.29, 1.82) is 0 Å². The summed E-state index contributed by atoms with van der Waals surface area (Å²) < 4.78 is 48.5. The highest BCUT2D eigenvalue weighted by molar-refractivity contribution is 14.1. The molecule has 0 radical (unpaired) electrons. The zero-order valence-corrected chi connectivity index (χ0v) is 16.2. The van der Waals surface area contributed by atoms with Gasteiger partial charge < -0.3 is 9.15 Å². The minimum Gasteiger partial charge on any atom is -0.413 e. The molecule has 0 aliphatic carbocycles. The van der Waals surface area contributed by atoms with Gasteiger partial charge >= 0.3 is 18.0 Å². The number of hydrogen-bond donors (Lipinski definition) is 0. The number of nitrogens with zero attached hydrogens (tertiary/aromatic N) is 3. The van der Waals surface area contributed by atoms with Gasteiger partial charge in [-0.3, -0.25) is 0 Å². The van der Waals surface area contributed by atoms with Crippen LogP contribution in [0.1, 0.15) is 27.4 Å². The van der Waals surface area contributed by atoms with E-state index in [0.29, 0.717) is 27.9 Å². The molecule has 0 N–H and O–H groups in total. The summed E-state index contributed by atoms with van der Waals surface area (Å²) in [7, 11) is 0. The zero-order chi connectivity index (χ0) is 20.1. The number of esters is 1. The van der Waals surface area contributed by atoms with E-state index in [1.54, 1.807) is 37.3 Å². The number of ether oxygens (including phenoxy) is 1. The van der Waals surface area contributed by atoms with Crippen LogP contribution >= 0.6 is 22.6 Å². The van der Waals surface area contributed by atoms with E-state index < -0.39 is 18.0 Å². The van der Waals surface area contributed by atoms with Crippen LogP contribution in [-0.4, -0.2) is 22.1 Å². The molecule has 3 aromatic rings. The summed E-state index contributed by atoms with van der Waals surface area (Å²) in [6, 6.07) is 9.98. The number of alkyl halides is 3. The van der Waals surface area contributed by atoms with E-state index in [1.807, 2.05) is 22.6 Å². The molecule has 2 heterocycles. The van der Waals surface area contributed by atoms with Crippen LogP contribution in [0.4, 0.5) is 18.9 Å². The molecule has 0 saturated heterocycles. The second-order valence-corrected chi connectivity index (χ2v) is 7.04. The summed E-state index contributed by atoms with van der Waals surface area (Å²) in [5.41, 5.74) is 2.50. The molecule has 142 valence electrons. The number of aliphatic imine (C=N–C) groups is 1. The highest BCUT2D eigenvalue weighted by atomic mass is 127. The first-order chi connectivity index (χ1) is 13.2. The highest BCUT2D eigenvalue weighted by Crippen LogP contribution is 2.33. The number of benzene rings is 2. The van der Waals surface area contributed by atoms with Gasteiger partial charge in [-0.2, -0.15) is 13.2 Å². The lowest BCUT2D eigenvalue weighted by atomic mass is 10.1. The van der Waals surface area contributed by atoms with Crippen LogP contribution in [0.2, 0.25) is 0 Å². The Bertz CT molecular complexity index is 1140. The van der Waals surface area contributed by atoms with Gasteiger partial charge in [-0.05, 0) is 65.4 Å². The van der Waals surface area contributed by atoms with Crippen LogP contribution in [0.25, 0.3) is 11.5 Å². The van der Waals surface area contributed by atoms with Crippen molar-refractivity contribution < 1.29 is 27.1 Å². The van der Waals surface area contributed by atoms with Crippen molar-refractivity contribution in [3.8, 4) is 11.5 Å². The van der Waals surface area contributed by atoms with Gasteiger partial charge in [0.25, 0.3) is 0 Å². The fraction of sp³-hybridized carbons (Fsp3) is 0.111. The number of cyclic esters (lactones) is 1. The molecule has 0 fully saturated rings. The van der Waals surface area contributed by atoms with Crippen molar-refractivity contribution in [2.75, 3.05) is 0 Å². The Morgan fingerprint density at radius 2 is 1.93 bits per heavy atom. The number of rotatable bonds is 2. The lowest BCUT2D eigenvalue weighted by Crippen LogP contribution is -2.04. The lowest BCUT2D eigenvalue weighted by molar-refractivity contribution is -0.156. The van der Waals surface area contributed by atoms with Gasteiger partial charge in [-0.25, -0.2) is 9.79 Å². The largest absolute Gasteiger partial charge is 0.470 e. The van der Waals surface area contributed by atoms with Crippen molar-refractivity contribution in [1.82, 2.24) is 10.2 Å². The van der Waals surface area contributed by atoms with E-state index in [1.165, 1.54) is 6.07 Å². The molecule has 1 aliphatic rings. The minimum atomic E-state index is -4.70. The van der Waals surface area contributed by atoms with E-state index in [2.05, 4.69) is 19.6 Å². The zero-order valence-electron chi connectivity index (χ0n) is 14.0. The topological polar surface area (TPSA) is 77.6 Å². The third-order valence-corrected chi connectivity index (χ3v) is 4.87. The molecule has 0 unspecified atom stereocenters. The quantitative estimate of drug-likeness (QED) is 0.370. The molecule has 1 aromatic heterocycles. The summed E-state index contributed by atoms with van der Waals surface area (Å²) in [6.45, 7) is 1.72. The molecular weight excluding hydrogens is 490 g/mol. The average molecular weight is 499 g/mol. The fourth-order valence-corrected chi connectivity index (χ4v) is 3.38. The second kappa shape index (κ2) is 6.69. The van der Waals surface area contributed by atoms with Gasteiger partial charge in [0.15, 0.2) is 0 Å². The molecular formula is C18H9F3IN3O3. The van der Waals surface area contributed by atoms with E-state index in [-0.39, 0.29) is 11.8 Å². The van der Waals surface area contributed by atoms with Crippen molar-refractivity contribution in [3.63, 3.8) is 0 Å². The van der Waals surface area contributed by atoms with Crippen LogP contribution in [0.3, 0.4) is 0 Å². The monoisotopic (exact) mass is 499 g/mol. The van der Waals surface area contributed by atoms with Crippen molar-refractivity contribution in [3.05, 3.63) is 62.5 Å². The van der Waals surface area contributed by atoms with E-state index in [0.717, 1.165) is 3.57 Å². The molecule has 10 heteroatoms. The normalized spacial score (nSPS) is 15.0. The predicted octanol–water partition coefficient (Wildman–Crippen LogP) is 4.92. The van der Waals surface area contributed by atoms with Crippen LogP contribution in [0.5, 0.6) is 0 Å². The summed E-state index contributed by atoms with van der Waals surface area (Å²) in [5, 5.41) is 6.45. The van der Waals surface area contributed by atoms with E-state index in [4.69, 9.17) is 4.74 Å². The summed E-state index contributed by atoms with van der Waals surface area (Å²) in [6.07, 6.45) is -4.70. The number of carbonyl (C=O) groups is 1. The minimum absolute atomic E-state index is 0.173. The molecule has 0 saturated carbocycles. The van der Waals surface area contributed by atoms with Crippen LogP contribution in [0, 0.1) is 10.5 Å². The third-order valence-electron chi connectivity index (χ3n) is 3.97. The highest BCUT2D eigenvalue weighted by Gasteiger charge is 2.38. The Morgan fingerprint density at radius 1 is 1.14 bits per heavy atom. The Labute approximate surface area is 169 Å². The van der Waals surface area contributed by atoms with Gasteiger partial charge in [-0.1, -0.05) is 6.07 Å². The molecule has 0 bridgehead atoms. The van der Waals surface area contributed by atoms with Crippen LogP contribution < -0.4 is 0 Å². The Balaban J connectivity index is 1.69. The maximum atomic E-state index is 12.6. The second-order valence-electron chi connectivity index (χ2n) is 5.88. The summed E-state index contributed by atoms with van der Waals surface area (Å²) >= 11 is 2.05. The number of aryl methyl sites for hydroxylation is 1. The van der Waals surface area contributed by atoms with Gasteiger partial charge in [0, 0.05) is 9.13 Å². The first-order valence-electron chi connectivity index (χ1n) is 7.85. The van der Waals surface area contributed by atoms with Gasteiger partial charge in [-0.15, -0.1) is 10.2 Å². The molecule has 28 heavy (non-hydrogen) atoms. The predicted molar refractivity (Wildman–Crippen MR) is 100 cm³/mol. The number of halogens is 4. The maximum absolute atomic E-state index is 12.6.